The van der Waals surface area contributed by atoms with Gasteiger partial charge in [-0.25, -0.2) is 4.79 Å². The molecule has 0 aromatic rings. The van der Waals surface area contributed by atoms with Crippen LogP contribution in [0.3, 0.4) is 0 Å². The standard InChI is InChI=1S/C17H31N5O8S/c1-8(24)13(22-14(26)9(18)7-23)16(28)20-10(3-4-12(19)25)15(27)21-11(17(29)30)5-6-31-2/h8-11,13,23-24H,3-7,18H2,1-2H3,(H2,19,25)(H,20,28)(H,21,27)(H,22,26)(H,29,30). The third kappa shape index (κ3) is 11.0. The van der Waals surface area contributed by atoms with Crippen molar-refractivity contribution in [3.63, 3.8) is 0 Å². The van der Waals surface area contributed by atoms with Gasteiger partial charge in [-0.1, -0.05) is 0 Å². The summed E-state index contributed by atoms with van der Waals surface area (Å²) in [5, 5.41) is 34.8. The van der Waals surface area contributed by atoms with Crippen molar-refractivity contribution in [3.05, 3.63) is 0 Å². The second-order valence-electron chi connectivity index (χ2n) is 6.76. The van der Waals surface area contributed by atoms with Crippen molar-refractivity contribution < 1.29 is 39.3 Å². The number of carboxylic acids is 1. The molecule has 14 heteroatoms. The minimum absolute atomic E-state index is 0.129. The molecule has 4 amide bonds. The molecule has 0 radical (unpaired) electrons. The van der Waals surface area contributed by atoms with Crippen LogP contribution in [0, 0.1) is 0 Å². The molecular formula is C17H31N5O8S. The van der Waals surface area contributed by atoms with Crippen molar-refractivity contribution in [2.45, 2.75) is 56.5 Å². The molecule has 0 saturated heterocycles. The molecule has 0 aliphatic rings. The molecule has 0 bridgehead atoms. The molecule has 0 spiro atoms. The average molecular weight is 466 g/mol. The Bertz CT molecular complexity index is 648. The summed E-state index contributed by atoms with van der Waals surface area (Å²) in [4.78, 5) is 59.5. The Balaban J connectivity index is 5.43. The van der Waals surface area contributed by atoms with Crippen molar-refractivity contribution >= 4 is 41.4 Å². The van der Waals surface area contributed by atoms with E-state index in [-0.39, 0.29) is 19.3 Å². The number of primary amides is 1. The SMILES string of the molecule is CSCCC(NC(=O)C(CCC(N)=O)NC(=O)C(NC(=O)C(N)CO)C(C)O)C(=O)O. The minimum atomic E-state index is -1.53. The normalized spacial score (nSPS) is 15.6. The summed E-state index contributed by atoms with van der Waals surface area (Å²) >= 11 is 1.38. The Morgan fingerprint density at radius 1 is 0.968 bits per heavy atom. The Hall–Kier alpha value is -2.42. The van der Waals surface area contributed by atoms with E-state index in [1.165, 1.54) is 18.7 Å². The van der Waals surface area contributed by atoms with Crippen LogP contribution in [0.15, 0.2) is 0 Å². The lowest BCUT2D eigenvalue weighted by molar-refractivity contribution is -0.142. The lowest BCUT2D eigenvalue weighted by atomic mass is 10.1. The maximum Gasteiger partial charge on any atom is 0.326 e. The summed E-state index contributed by atoms with van der Waals surface area (Å²) in [6, 6.07) is -5.44. The molecule has 5 atom stereocenters. The van der Waals surface area contributed by atoms with Gasteiger partial charge in [0.25, 0.3) is 0 Å². The van der Waals surface area contributed by atoms with Gasteiger partial charge in [0.2, 0.25) is 23.6 Å². The molecule has 0 aliphatic heterocycles. The molecule has 10 N–H and O–H groups in total. The maximum absolute atomic E-state index is 12.6. The van der Waals surface area contributed by atoms with Crippen LogP contribution in [0.5, 0.6) is 0 Å². The van der Waals surface area contributed by atoms with Gasteiger partial charge in [0.15, 0.2) is 0 Å². The van der Waals surface area contributed by atoms with E-state index in [2.05, 4.69) is 16.0 Å². The summed E-state index contributed by atoms with van der Waals surface area (Å²) in [5.74, 6) is -4.32. The van der Waals surface area contributed by atoms with Gasteiger partial charge in [0.05, 0.1) is 12.7 Å². The van der Waals surface area contributed by atoms with Gasteiger partial charge in [0, 0.05) is 6.42 Å². The third-order valence-electron chi connectivity index (χ3n) is 4.13. The first-order valence-electron chi connectivity index (χ1n) is 9.40. The topological polar surface area (TPSA) is 234 Å². The first-order valence-corrected chi connectivity index (χ1v) is 10.8. The number of rotatable bonds is 15. The van der Waals surface area contributed by atoms with Gasteiger partial charge < -0.3 is 42.7 Å². The van der Waals surface area contributed by atoms with Crippen molar-refractivity contribution in [1.82, 2.24) is 16.0 Å². The van der Waals surface area contributed by atoms with Crippen LogP contribution >= 0.6 is 11.8 Å². The smallest absolute Gasteiger partial charge is 0.326 e. The zero-order valence-electron chi connectivity index (χ0n) is 17.4. The highest BCUT2D eigenvalue weighted by Crippen LogP contribution is 2.05. The number of amides is 4. The molecule has 5 unspecified atom stereocenters. The van der Waals surface area contributed by atoms with Gasteiger partial charge in [0.1, 0.15) is 24.2 Å². The van der Waals surface area contributed by atoms with E-state index in [1.54, 1.807) is 6.26 Å². The maximum atomic E-state index is 12.6. The van der Waals surface area contributed by atoms with E-state index < -0.39 is 66.5 Å². The lowest BCUT2D eigenvalue weighted by Gasteiger charge is -2.26. The van der Waals surface area contributed by atoms with E-state index in [1.807, 2.05) is 0 Å². The van der Waals surface area contributed by atoms with Crippen LogP contribution in [0.2, 0.25) is 0 Å². The highest BCUT2D eigenvalue weighted by molar-refractivity contribution is 7.98. The largest absolute Gasteiger partial charge is 0.480 e. The van der Waals surface area contributed by atoms with Crippen LogP contribution in [0.25, 0.3) is 0 Å². The predicted octanol–water partition coefficient (Wildman–Crippen LogP) is -3.76. The fraction of sp³-hybridized carbons (Fsp3) is 0.706. The lowest BCUT2D eigenvalue weighted by Crippen LogP contribution is -2.60. The van der Waals surface area contributed by atoms with Crippen molar-refractivity contribution in [2.75, 3.05) is 18.6 Å². The number of carboxylic acid groups (broad SMARTS) is 1. The molecule has 31 heavy (non-hydrogen) atoms. The number of thioether (sulfide) groups is 1. The molecule has 0 fully saturated rings. The van der Waals surface area contributed by atoms with E-state index in [9.17, 15) is 34.2 Å². The van der Waals surface area contributed by atoms with Gasteiger partial charge in [-0.2, -0.15) is 11.8 Å². The van der Waals surface area contributed by atoms with E-state index in [4.69, 9.17) is 16.6 Å². The molecular weight excluding hydrogens is 434 g/mol. The summed E-state index contributed by atoms with van der Waals surface area (Å²) < 4.78 is 0. The van der Waals surface area contributed by atoms with Gasteiger partial charge in [-0.15, -0.1) is 0 Å². The van der Waals surface area contributed by atoms with Gasteiger partial charge >= 0.3 is 5.97 Å². The van der Waals surface area contributed by atoms with Crippen molar-refractivity contribution in [3.8, 4) is 0 Å². The fourth-order valence-electron chi connectivity index (χ4n) is 2.33. The summed E-state index contributed by atoms with van der Waals surface area (Å²) in [5.41, 5.74) is 10.5. The number of carbonyl (C=O) groups excluding carboxylic acids is 4. The summed E-state index contributed by atoms with van der Waals surface area (Å²) in [6.07, 6.45) is -0.0306. The zero-order valence-corrected chi connectivity index (χ0v) is 18.2. The third-order valence-corrected chi connectivity index (χ3v) is 4.78. The molecule has 0 saturated carbocycles. The van der Waals surface area contributed by atoms with Gasteiger partial charge in [-0.05, 0) is 31.8 Å². The molecule has 0 rings (SSSR count). The van der Waals surface area contributed by atoms with E-state index >= 15 is 0 Å². The summed E-state index contributed by atoms with van der Waals surface area (Å²) in [6.45, 7) is 0.507. The predicted molar refractivity (Wildman–Crippen MR) is 112 cm³/mol. The van der Waals surface area contributed by atoms with E-state index in [0.29, 0.717) is 5.75 Å². The molecule has 178 valence electrons. The number of hydrogen-bond acceptors (Lipinski definition) is 9. The average Bonchev–Trinajstić information content (AvgIpc) is 2.70. The van der Waals surface area contributed by atoms with E-state index in [0.717, 1.165) is 0 Å². The number of carbonyl (C=O) groups is 5. The molecule has 13 nitrogen and oxygen atoms in total. The van der Waals surface area contributed by atoms with Crippen molar-refractivity contribution in [2.24, 2.45) is 11.5 Å². The second kappa shape index (κ2) is 14.6. The van der Waals surface area contributed by atoms with Gasteiger partial charge in [-0.3, -0.25) is 19.2 Å². The monoisotopic (exact) mass is 465 g/mol. The number of aliphatic carboxylic acids is 1. The first kappa shape index (κ1) is 28.6. The minimum Gasteiger partial charge on any atom is -0.480 e. The number of aliphatic hydroxyl groups is 2. The number of nitrogens with one attached hydrogen (secondary N) is 3. The van der Waals surface area contributed by atoms with Crippen LogP contribution in [-0.4, -0.2) is 93.8 Å². The quantitative estimate of drug-likeness (QED) is 0.118. The van der Waals surface area contributed by atoms with Crippen LogP contribution in [-0.2, 0) is 24.0 Å². The Labute approximate surface area is 183 Å². The summed E-state index contributed by atoms with van der Waals surface area (Å²) in [7, 11) is 0. The molecule has 0 heterocycles. The number of nitrogens with two attached hydrogens (primary N) is 2. The Kier molecular flexibility index (Phi) is 13.4. The molecule has 0 aliphatic carbocycles. The number of hydrogen-bond donors (Lipinski definition) is 8. The van der Waals surface area contributed by atoms with Crippen LogP contribution in [0.1, 0.15) is 26.2 Å². The Morgan fingerprint density at radius 2 is 1.55 bits per heavy atom. The highest BCUT2D eigenvalue weighted by Gasteiger charge is 2.32. The second-order valence-corrected chi connectivity index (χ2v) is 7.75. The fourth-order valence-corrected chi connectivity index (χ4v) is 2.80. The van der Waals surface area contributed by atoms with Crippen LogP contribution < -0.4 is 27.4 Å². The molecule has 0 aromatic heterocycles. The molecule has 0 aromatic carbocycles. The number of aliphatic hydroxyl groups excluding tert-OH is 2. The Morgan fingerprint density at radius 3 is 2.00 bits per heavy atom. The zero-order chi connectivity index (χ0) is 24.1. The van der Waals surface area contributed by atoms with Crippen molar-refractivity contribution in [1.29, 1.82) is 0 Å². The van der Waals surface area contributed by atoms with Crippen LogP contribution in [0.4, 0.5) is 0 Å². The first-order chi connectivity index (χ1) is 14.4. The highest BCUT2D eigenvalue weighted by atomic mass is 32.2.